The van der Waals surface area contributed by atoms with Gasteiger partial charge in [-0.1, -0.05) is 24.6 Å². The van der Waals surface area contributed by atoms with Gasteiger partial charge in [0, 0.05) is 18.7 Å². The molecule has 0 radical (unpaired) electrons. The van der Waals surface area contributed by atoms with E-state index < -0.39 is 0 Å². The van der Waals surface area contributed by atoms with Crippen molar-refractivity contribution in [2.24, 2.45) is 0 Å². The van der Waals surface area contributed by atoms with E-state index in [2.05, 4.69) is 53.2 Å². The number of nitrogens with zero attached hydrogens (tertiary/aromatic N) is 2. The molecule has 1 aromatic heterocycles. The first-order valence-electron chi connectivity index (χ1n) is 11.0. The van der Waals surface area contributed by atoms with Crippen molar-refractivity contribution < 1.29 is 14.3 Å². The lowest BCUT2D eigenvalue weighted by atomic mass is 10.1. The number of hydrogen-bond acceptors (Lipinski definition) is 4. The van der Waals surface area contributed by atoms with Crippen LogP contribution >= 0.6 is 0 Å². The molecule has 31 heavy (non-hydrogen) atoms. The highest BCUT2D eigenvalue weighted by atomic mass is 16.5. The van der Waals surface area contributed by atoms with Gasteiger partial charge >= 0.3 is 5.97 Å². The van der Waals surface area contributed by atoms with E-state index in [1.54, 1.807) is 0 Å². The van der Waals surface area contributed by atoms with Gasteiger partial charge in [-0.15, -0.1) is 0 Å². The fourth-order valence-corrected chi connectivity index (χ4v) is 3.79. The van der Waals surface area contributed by atoms with Crippen LogP contribution in [-0.4, -0.2) is 35.1 Å². The van der Waals surface area contributed by atoms with Crippen LogP contribution < -0.4 is 5.32 Å². The smallest absolute Gasteiger partial charge is 0.306 e. The maximum absolute atomic E-state index is 11.9. The molecule has 0 aliphatic rings. The first kappa shape index (κ1) is 22.5. The van der Waals surface area contributed by atoms with Gasteiger partial charge in [-0.05, 0) is 68.5 Å². The maximum atomic E-state index is 11.9. The van der Waals surface area contributed by atoms with E-state index in [9.17, 15) is 9.59 Å². The molecule has 6 heteroatoms. The van der Waals surface area contributed by atoms with E-state index in [0.29, 0.717) is 19.4 Å². The Labute approximate surface area is 183 Å². The second-order valence-corrected chi connectivity index (χ2v) is 7.71. The van der Waals surface area contributed by atoms with Crippen molar-refractivity contribution in [2.45, 2.75) is 52.4 Å². The standard InChI is InChI=1S/C25H31N3O3/c1-3-31-25(30)14-13-24-27-22-17-20(9-5-4-6-15-26-18-29)11-12-23(22)28(24)21-10-7-8-19(2)16-21/h7-8,10-12,16-18H,3-6,9,13-15H2,1-2H3,(H,26,29). The number of aryl methyl sites for hydroxylation is 3. The van der Waals surface area contributed by atoms with Crippen LogP contribution in [0.4, 0.5) is 0 Å². The summed E-state index contributed by atoms with van der Waals surface area (Å²) in [6, 6.07) is 14.8. The minimum Gasteiger partial charge on any atom is -0.466 e. The lowest BCUT2D eigenvalue weighted by Crippen LogP contribution is -2.11. The molecule has 0 aliphatic carbocycles. The number of fused-ring (bicyclic) bond motifs is 1. The lowest BCUT2D eigenvalue weighted by molar-refractivity contribution is -0.143. The van der Waals surface area contributed by atoms with E-state index in [4.69, 9.17) is 9.72 Å². The number of imidazole rings is 1. The van der Waals surface area contributed by atoms with E-state index in [-0.39, 0.29) is 5.97 Å². The molecule has 0 saturated carbocycles. The number of carbonyl (C=O) groups is 2. The Kier molecular flexibility index (Phi) is 8.21. The van der Waals surface area contributed by atoms with Crippen LogP contribution in [0.3, 0.4) is 0 Å². The predicted molar refractivity (Wildman–Crippen MR) is 122 cm³/mol. The van der Waals surface area contributed by atoms with Gasteiger partial charge in [0.1, 0.15) is 5.82 Å². The van der Waals surface area contributed by atoms with Crippen molar-refractivity contribution in [3.8, 4) is 5.69 Å². The summed E-state index contributed by atoms with van der Waals surface area (Å²) in [7, 11) is 0. The summed E-state index contributed by atoms with van der Waals surface area (Å²) in [6.07, 6.45) is 5.69. The van der Waals surface area contributed by atoms with Gasteiger partial charge in [0.2, 0.25) is 6.41 Å². The number of benzene rings is 2. The summed E-state index contributed by atoms with van der Waals surface area (Å²) >= 11 is 0. The molecule has 1 amide bonds. The molecule has 164 valence electrons. The molecule has 0 fully saturated rings. The topological polar surface area (TPSA) is 73.2 Å². The molecular formula is C25H31N3O3. The first-order valence-corrected chi connectivity index (χ1v) is 11.0. The van der Waals surface area contributed by atoms with Gasteiger partial charge in [-0.25, -0.2) is 4.98 Å². The molecule has 3 rings (SSSR count). The fraction of sp³-hybridized carbons (Fsp3) is 0.400. The number of rotatable bonds is 12. The largest absolute Gasteiger partial charge is 0.466 e. The van der Waals surface area contributed by atoms with Crippen LogP contribution in [0.5, 0.6) is 0 Å². The van der Waals surface area contributed by atoms with Gasteiger partial charge in [0.05, 0.1) is 24.1 Å². The van der Waals surface area contributed by atoms with Crippen LogP contribution in [0.2, 0.25) is 0 Å². The highest BCUT2D eigenvalue weighted by Crippen LogP contribution is 2.25. The van der Waals surface area contributed by atoms with Crippen molar-refractivity contribution in [2.75, 3.05) is 13.2 Å². The molecule has 0 atom stereocenters. The van der Waals surface area contributed by atoms with Crippen LogP contribution in [0.15, 0.2) is 42.5 Å². The number of ether oxygens (including phenoxy) is 1. The predicted octanol–water partition coefficient (Wildman–Crippen LogP) is 4.29. The number of nitrogens with one attached hydrogen (secondary N) is 1. The van der Waals surface area contributed by atoms with Crippen molar-refractivity contribution in [1.82, 2.24) is 14.9 Å². The third-order valence-corrected chi connectivity index (χ3v) is 5.28. The summed E-state index contributed by atoms with van der Waals surface area (Å²) in [6.45, 7) is 5.01. The molecule has 0 aliphatic heterocycles. The Balaban J connectivity index is 1.83. The van der Waals surface area contributed by atoms with Gasteiger partial charge in [0.15, 0.2) is 0 Å². The zero-order chi connectivity index (χ0) is 22.1. The maximum Gasteiger partial charge on any atom is 0.306 e. The van der Waals surface area contributed by atoms with Crippen LogP contribution in [-0.2, 0) is 27.2 Å². The van der Waals surface area contributed by atoms with Crippen LogP contribution in [0, 0.1) is 6.92 Å². The summed E-state index contributed by atoms with van der Waals surface area (Å²) < 4.78 is 7.25. The first-order chi connectivity index (χ1) is 15.1. The van der Waals surface area contributed by atoms with E-state index >= 15 is 0 Å². The summed E-state index contributed by atoms with van der Waals surface area (Å²) in [5, 5.41) is 2.70. The highest BCUT2D eigenvalue weighted by Gasteiger charge is 2.15. The molecule has 0 spiro atoms. The second-order valence-electron chi connectivity index (χ2n) is 7.71. The minimum absolute atomic E-state index is 0.199. The van der Waals surface area contributed by atoms with E-state index in [1.165, 1.54) is 11.1 Å². The van der Waals surface area contributed by atoms with Crippen LogP contribution in [0.1, 0.15) is 49.6 Å². The average molecular weight is 422 g/mol. The Morgan fingerprint density at radius 3 is 2.77 bits per heavy atom. The number of esters is 1. The summed E-state index contributed by atoms with van der Waals surface area (Å²) in [5.41, 5.74) is 5.47. The van der Waals surface area contributed by atoms with Crippen molar-refractivity contribution in [1.29, 1.82) is 0 Å². The second kappa shape index (κ2) is 11.3. The molecule has 2 aromatic carbocycles. The van der Waals surface area contributed by atoms with Gasteiger partial charge in [0.25, 0.3) is 0 Å². The number of amides is 1. The Hall–Kier alpha value is -3.15. The minimum atomic E-state index is -0.199. The van der Waals surface area contributed by atoms with Gasteiger partial charge < -0.3 is 10.1 Å². The summed E-state index contributed by atoms with van der Waals surface area (Å²) in [5.74, 6) is 0.667. The molecule has 0 saturated heterocycles. The van der Waals surface area contributed by atoms with Crippen molar-refractivity contribution >= 4 is 23.4 Å². The molecular weight excluding hydrogens is 390 g/mol. The third-order valence-electron chi connectivity index (χ3n) is 5.28. The lowest BCUT2D eigenvalue weighted by Gasteiger charge is -2.10. The average Bonchev–Trinajstić information content (AvgIpc) is 3.12. The number of carbonyl (C=O) groups excluding carboxylic acids is 2. The van der Waals surface area contributed by atoms with Gasteiger partial charge in [-0.3, -0.25) is 14.2 Å². The van der Waals surface area contributed by atoms with Crippen LogP contribution in [0.25, 0.3) is 16.7 Å². The number of unbranched alkanes of at least 4 members (excludes halogenated alkanes) is 2. The Morgan fingerprint density at radius 1 is 1.13 bits per heavy atom. The molecule has 0 bridgehead atoms. The zero-order valence-corrected chi connectivity index (χ0v) is 18.4. The molecule has 0 unspecified atom stereocenters. The summed E-state index contributed by atoms with van der Waals surface area (Å²) in [4.78, 5) is 27.1. The van der Waals surface area contributed by atoms with E-state index in [0.717, 1.165) is 61.2 Å². The highest BCUT2D eigenvalue weighted by molar-refractivity contribution is 5.79. The van der Waals surface area contributed by atoms with E-state index in [1.807, 2.05) is 13.0 Å². The zero-order valence-electron chi connectivity index (χ0n) is 18.4. The fourth-order valence-electron chi connectivity index (χ4n) is 3.79. The third kappa shape index (κ3) is 6.17. The Morgan fingerprint density at radius 2 is 2.00 bits per heavy atom. The number of aromatic nitrogens is 2. The normalized spacial score (nSPS) is 10.9. The molecule has 6 nitrogen and oxygen atoms in total. The monoisotopic (exact) mass is 421 g/mol. The molecule has 3 aromatic rings. The molecule has 1 heterocycles. The quantitative estimate of drug-likeness (QED) is 0.269. The van der Waals surface area contributed by atoms with Crippen molar-refractivity contribution in [3.63, 3.8) is 0 Å². The Bertz CT molecular complexity index is 1030. The number of hydrogen-bond donors (Lipinski definition) is 1. The van der Waals surface area contributed by atoms with Crippen molar-refractivity contribution in [3.05, 3.63) is 59.4 Å². The van der Waals surface area contributed by atoms with Gasteiger partial charge in [-0.2, -0.15) is 0 Å². The SMILES string of the molecule is CCOC(=O)CCc1nc2cc(CCCCCNC=O)ccc2n1-c1cccc(C)c1. The molecule has 1 N–H and O–H groups in total.